The molecule has 0 spiro atoms. The number of ketones is 1. The van der Waals surface area contributed by atoms with Gasteiger partial charge in [-0.05, 0) is 56.5 Å². The quantitative estimate of drug-likeness (QED) is 0.744. The molecule has 1 aromatic rings. The predicted molar refractivity (Wildman–Crippen MR) is 98.5 cm³/mol. The Labute approximate surface area is 147 Å². The van der Waals surface area contributed by atoms with Crippen LogP contribution in [-0.4, -0.2) is 31.9 Å². The molecule has 1 aliphatic heterocycles. The van der Waals surface area contributed by atoms with Crippen molar-refractivity contribution in [2.75, 3.05) is 19.8 Å². The van der Waals surface area contributed by atoms with Gasteiger partial charge in [-0.3, -0.25) is 4.79 Å². The maximum atomic E-state index is 12.1. The molecular formula is C20H32O4. The van der Waals surface area contributed by atoms with E-state index in [1.54, 1.807) is 0 Å². The van der Waals surface area contributed by atoms with Gasteiger partial charge in [0, 0.05) is 7.34 Å². The highest BCUT2D eigenvalue weighted by molar-refractivity contribution is 5.95. The third-order valence-electron chi connectivity index (χ3n) is 3.86. The Morgan fingerprint density at radius 3 is 2.46 bits per heavy atom. The summed E-state index contributed by atoms with van der Waals surface area (Å²) >= 11 is 0. The number of benzene rings is 1. The molecule has 0 amide bonds. The van der Waals surface area contributed by atoms with Gasteiger partial charge in [-0.2, -0.15) is 0 Å². The van der Waals surface area contributed by atoms with Crippen LogP contribution < -0.4 is 4.74 Å². The lowest BCUT2D eigenvalue weighted by Gasteiger charge is -2.25. The molecule has 1 saturated heterocycles. The summed E-state index contributed by atoms with van der Waals surface area (Å²) in [6.45, 7) is 13.0. The molecule has 4 nitrogen and oxygen atoms in total. The Kier molecular flexibility index (Phi) is 8.72. The smallest absolute Gasteiger partial charge is 0.195 e. The summed E-state index contributed by atoms with van der Waals surface area (Å²) in [5.41, 5.74) is 3.06. The van der Waals surface area contributed by atoms with E-state index in [1.807, 2.05) is 65.8 Å². The molecule has 0 bridgehead atoms. The van der Waals surface area contributed by atoms with Gasteiger partial charge in [0.2, 0.25) is 0 Å². The summed E-state index contributed by atoms with van der Waals surface area (Å²) in [5, 5.41) is 0. The molecule has 1 aromatic carbocycles. The summed E-state index contributed by atoms with van der Waals surface area (Å²) in [6, 6.07) is 5.83. The maximum Gasteiger partial charge on any atom is 0.195 e. The Balaban J connectivity index is 0.00000185. The van der Waals surface area contributed by atoms with Crippen molar-refractivity contribution < 1.29 is 20.4 Å². The van der Waals surface area contributed by atoms with Crippen LogP contribution in [0.1, 0.15) is 40.2 Å². The highest BCUT2D eigenvalue weighted by Crippen LogP contribution is 2.17. The summed E-state index contributed by atoms with van der Waals surface area (Å²) in [7, 11) is 0. The van der Waals surface area contributed by atoms with Crippen molar-refractivity contribution >= 4 is 5.78 Å². The molecule has 0 N–H and O–H groups in total. The number of hydrogen-bond acceptors (Lipinski definition) is 4. The van der Waals surface area contributed by atoms with Crippen LogP contribution in [0.3, 0.4) is 0 Å². The number of Topliss-reactive ketones (excluding diaryl/α,β-unsaturated/α-hetero) is 1. The Bertz CT molecular complexity index is 561. The number of carbonyl (C=O) groups is 1. The fourth-order valence-corrected chi connectivity index (χ4v) is 2.22. The Morgan fingerprint density at radius 1 is 1.25 bits per heavy atom. The second-order valence-corrected chi connectivity index (χ2v) is 5.80. The largest absolute Gasteiger partial charge is 0.485 e. The lowest BCUT2D eigenvalue weighted by Crippen LogP contribution is -2.29. The van der Waals surface area contributed by atoms with E-state index in [0.29, 0.717) is 18.8 Å². The van der Waals surface area contributed by atoms with Crippen molar-refractivity contribution in [2.45, 2.75) is 47.8 Å². The predicted octanol–water partition coefficient (Wildman–Crippen LogP) is 4.48. The lowest BCUT2D eigenvalue weighted by atomic mass is 10.1. The number of aryl methyl sites for hydroxylation is 2. The third kappa shape index (κ3) is 6.46. The molecule has 24 heavy (non-hydrogen) atoms. The van der Waals surface area contributed by atoms with Crippen molar-refractivity contribution in [3.63, 3.8) is 0 Å². The first-order chi connectivity index (χ1) is 11.5. The average Bonchev–Trinajstić information content (AvgIpc) is 2.59. The highest BCUT2D eigenvalue weighted by Gasteiger charge is 2.18. The van der Waals surface area contributed by atoms with Crippen LogP contribution in [0.15, 0.2) is 29.8 Å². The summed E-state index contributed by atoms with van der Waals surface area (Å²) < 4.78 is 16.4. The first-order valence-corrected chi connectivity index (χ1v) is 8.60. The monoisotopic (exact) mass is 336 g/mol. The molecule has 1 heterocycles. The van der Waals surface area contributed by atoms with E-state index < -0.39 is 0 Å². The Morgan fingerprint density at radius 2 is 1.88 bits per heavy atom. The van der Waals surface area contributed by atoms with E-state index in [2.05, 4.69) is 0 Å². The molecule has 0 saturated carbocycles. The van der Waals surface area contributed by atoms with E-state index >= 15 is 0 Å². The van der Waals surface area contributed by atoms with E-state index in [4.69, 9.17) is 14.2 Å². The van der Waals surface area contributed by atoms with Crippen LogP contribution >= 0.6 is 0 Å². The fourth-order valence-electron chi connectivity index (χ4n) is 2.22. The molecule has 4 heteroatoms. The van der Waals surface area contributed by atoms with Crippen molar-refractivity contribution in [3.8, 4) is 5.75 Å². The van der Waals surface area contributed by atoms with Gasteiger partial charge in [0.25, 0.3) is 0 Å². The van der Waals surface area contributed by atoms with Gasteiger partial charge in [0.1, 0.15) is 5.75 Å². The van der Waals surface area contributed by atoms with Crippen LogP contribution in [0.2, 0.25) is 0 Å². The summed E-state index contributed by atoms with van der Waals surface area (Å²) in [4.78, 5) is 12.1. The van der Waals surface area contributed by atoms with Crippen LogP contribution in [0.5, 0.6) is 5.75 Å². The van der Waals surface area contributed by atoms with Gasteiger partial charge < -0.3 is 14.2 Å². The topological polar surface area (TPSA) is 44.8 Å². The molecule has 1 fully saturated rings. The van der Waals surface area contributed by atoms with Crippen molar-refractivity contribution in [1.29, 1.82) is 0 Å². The van der Waals surface area contributed by atoms with Gasteiger partial charge in [-0.25, -0.2) is 0 Å². The van der Waals surface area contributed by atoms with E-state index in [9.17, 15) is 4.79 Å². The molecule has 2 rings (SSSR count). The molecule has 0 atom stereocenters. The average molecular weight is 336 g/mol. The van der Waals surface area contributed by atoms with Gasteiger partial charge in [0.15, 0.2) is 18.7 Å². The highest BCUT2D eigenvalue weighted by atomic mass is 16.7. The second kappa shape index (κ2) is 10.3. The SMILES string of the molecule is C/C(=C\C1COC(C)OC1)C(=O)COc1ccc(C)c(C)c1.CC.[HH]. The standard InChI is InChI=1S/C18H24O4.C2H6.H2/c1-12-5-6-17(8-13(12)2)22-11-18(19)14(3)7-16-9-20-15(4)21-10-16;1-2;/h5-8,15-16H,9-11H2,1-4H3;1-2H3;1H/b14-7+;;. The normalized spacial score (nSPS) is 20.8. The third-order valence-corrected chi connectivity index (χ3v) is 3.86. The van der Waals surface area contributed by atoms with Crippen LogP contribution in [0, 0.1) is 19.8 Å². The van der Waals surface area contributed by atoms with Crippen LogP contribution in [-0.2, 0) is 14.3 Å². The van der Waals surface area contributed by atoms with Crippen LogP contribution in [0.4, 0.5) is 0 Å². The van der Waals surface area contributed by atoms with Gasteiger partial charge in [-0.1, -0.05) is 26.0 Å². The minimum Gasteiger partial charge on any atom is -0.485 e. The fraction of sp³-hybridized carbons (Fsp3) is 0.550. The maximum absolute atomic E-state index is 12.1. The Hall–Kier alpha value is -1.65. The zero-order chi connectivity index (χ0) is 18.1. The summed E-state index contributed by atoms with van der Waals surface area (Å²) in [5.74, 6) is 0.834. The first kappa shape index (κ1) is 20.4. The molecule has 136 valence electrons. The van der Waals surface area contributed by atoms with Crippen molar-refractivity contribution in [3.05, 3.63) is 41.0 Å². The van der Waals surface area contributed by atoms with Gasteiger partial charge in [-0.15, -0.1) is 0 Å². The molecule has 0 aliphatic carbocycles. The minimum atomic E-state index is -0.159. The second-order valence-electron chi connectivity index (χ2n) is 5.80. The number of rotatable bonds is 5. The van der Waals surface area contributed by atoms with E-state index in [-0.39, 0.29) is 26.0 Å². The molecular weight excluding hydrogens is 304 g/mol. The van der Waals surface area contributed by atoms with Crippen molar-refractivity contribution in [1.82, 2.24) is 0 Å². The summed E-state index contributed by atoms with van der Waals surface area (Å²) in [6.07, 6.45) is 1.76. The minimum absolute atomic E-state index is 0. The van der Waals surface area contributed by atoms with E-state index in [0.717, 1.165) is 11.3 Å². The lowest BCUT2D eigenvalue weighted by molar-refractivity contribution is -0.182. The van der Waals surface area contributed by atoms with Gasteiger partial charge >= 0.3 is 0 Å². The number of carbonyl (C=O) groups excluding carboxylic acids is 1. The van der Waals surface area contributed by atoms with Crippen LogP contribution in [0.25, 0.3) is 0 Å². The molecule has 1 aliphatic rings. The molecule has 0 aromatic heterocycles. The zero-order valence-corrected chi connectivity index (χ0v) is 15.7. The first-order valence-electron chi connectivity index (χ1n) is 8.60. The van der Waals surface area contributed by atoms with E-state index in [1.165, 1.54) is 5.56 Å². The number of ether oxygens (including phenoxy) is 3. The molecule has 0 radical (unpaired) electrons. The van der Waals surface area contributed by atoms with Gasteiger partial charge in [0.05, 0.1) is 13.2 Å². The van der Waals surface area contributed by atoms with Crippen molar-refractivity contribution in [2.24, 2.45) is 5.92 Å². The zero-order valence-electron chi connectivity index (χ0n) is 15.7. The number of hydrogen-bond donors (Lipinski definition) is 0. The molecule has 0 unspecified atom stereocenters.